The number of carbonyl (C=O) groups is 1. The number of rotatable bonds is 1. The average Bonchev–Trinajstić information content (AvgIpc) is 1.85. The molecule has 0 aromatic carbocycles. The Morgan fingerprint density at radius 2 is 2.36 bits per heavy atom. The maximum Gasteiger partial charge on any atom is 0.223 e. The topological polar surface area (TPSA) is 46.3 Å². The fraction of sp³-hybridized carbons (Fsp3) is 0.857. The van der Waals surface area contributed by atoms with E-state index >= 15 is 0 Å². The van der Waals surface area contributed by atoms with Crippen LogP contribution in [-0.2, 0) is 4.79 Å². The van der Waals surface area contributed by atoms with Crippen LogP contribution in [0.25, 0.3) is 0 Å². The number of hydrogen-bond acceptors (Lipinski definition) is 2. The molecule has 0 bridgehead atoms. The van der Waals surface area contributed by atoms with Gasteiger partial charge >= 0.3 is 0 Å². The van der Waals surface area contributed by atoms with E-state index in [1.54, 1.807) is 0 Å². The fourth-order valence-electron chi connectivity index (χ4n) is 1.38. The first kappa shape index (κ1) is 8.46. The third-order valence-electron chi connectivity index (χ3n) is 2.11. The minimum absolute atomic E-state index is 0.327. The number of hydrogen-bond donors (Lipinski definition) is 1. The van der Waals surface area contributed by atoms with Gasteiger partial charge in [0.15, 0.2) is 0 Å². The zero-order valence-electron chi connectivity index (χ0n) is 6.59. The molecular formula is C7H13FN2O. The van der Waals surface area contributed by atoms with E-state index in [-0.39, 0.29) is 0 Å². The van der Waals surface area contributed by atoms with Gasteiger partial charge in [0.2, 0.25) is 5.91 Å². The number of piperidine rings is 1. The molecule has 1 rings (SSSR count). The number of likely N-dealkylation sites (tertiary alicyclic amines) is 1. The van der Waals surface area contributed by atoms with Crippen LogP contribution in [-0.4, -0.2) is 37.1 Å². The number of alkyl halides is 1. The minimum Gasteiger partial charge on any atom is -0.369 e. The van der Waals surface area contributed by atoms with Gasteiger partial charge in [0.1, 0.15) is 6.17 Å². The highest BCUT2D eigenvalue weighted by Crippen LogP contribution is 2.18. The smallest absolute Gasteiger partial charge is 0.223 e. The van der Waals surface area contributed by atoms with Gasteiger partial charge in [-0.3, -0.25) is 4.79 Å². The Balaban J connectivity index is 2.50. The van der Waals surface area contributed by atoms with Crippen LogP contribution in [0.4, 0.5) is 4.39 Å². The molecule has 0 aliphatic carbocycles. The Kier molecular flexibility index (Phi) is 2.44. The van der Waals surface area contributed by atoms with Crippen LogP contribution >= 0.6 is 0 Å². The largest absolute Gasteiger partial charge is 0.369 e. The minimum atomic E-state index is -1.08. The summed E-state index contributed by atoms with van der Waals surface area (Å²) in [7, 11) is 1.84. The molecule has 1 heterocycles. The number of amides is 1. The lowest BCUT2D eigenvalue weighted by molar-refractivity contribution is -0.125. The van der Waals surface area contributed by atoms with E-state index in [1.807, 2.05) is 11.9 Å². The van der Waals surface area contributed by atoms with Crippen molar-refractivity contribution in [2.24, 2.45) is 11.7 Å². The molecule has 2 atom stereocenters. The third kappa shape index (κ3) is 1.89. The fourth-order valence-corrected chi connectivity index (χ4v) is 1.38. The van der Waals surface area contributed by atoms with E-state index in [1.165, 1.54) is 0 Å². The molecule has 2 unspecified atom stereocenters. The second-order valence-corrected chi connectivity index (χ2v) is 3.08. The van der Waals surface area contributed by atoms with Gasteiger partial charge < -0.3 is 10.6 Å². The number of primary amides is 1. The first-order valence-electron chi connectivity index (χ1n) is 3.73. The number of carbonyl (C=O) groups excluding carboxylic acids is 1. The Morgan fingerprint density at radius 1 is 1.73 bits per heavy atom. The summed E-state index contributed by atoms with van der Waals surface area (Å²) in [6, 6.07) is 0. The summed E-state index contributed by atoms with van der Waals surface area (Å²) in [6.45, 7) is 1.08. The van der Waals surface area contributed by atoms with Crippen molar-refractivity contribution in [3.63, 3.8) is 0 Å². The predicted molar refractivity (Wildman–Crippen MR) is 39.7 cm³/mol. The molecule has 1 fully saturated rings. The molecule has 1 saturated heterocycles. The van der Waals surface area contributed by atoms with Crippen LogP contribution in [0.1, 0.15) is 6.42 Å². The lowest BCUT2D eigenvalue weighted by Gasteiger charge is -2.30. The number of nitrogens with two attached hydrogens (primary N) is 1. The zero-order valence-corrected chi connectivity index (χ0v) is 6.59. The molecule has 0 radical (unpaired) electrons. The zero-order chi connectivity index (χ0) is 8.43. The molecule has 1 aliphatic rings. The first-order chi connectivity index (χ1) is 5.11. The molecular weight excluding hydrogens is 147 g/mol. The quantitative estimate of drug-likeness (QED) is 0.575. The molecule has 0 spiro atoms. The van der Waals surface area contributed by atoms with Crippen molar-refractivity contribution in [1.29, 1.82) is 0 Å². The van der Waals surface area contributed by atoms with Crippen molar-refractivity contribution in [2.45, 2.75) is 12.6 Å². The number of halogens is 1. The van der Waals surface area contributed by atoms with Gasteiger partial charge in [-0.15, -0.1) is 0 Å². The van der Waals surface area contributed by atoms with Gasteiger partial charge in [-0.1, -0.05) is 0 Å². The molecule has 0 aromatic rings. The molecule has 3 nitrogen and oxygen atoms in total. The lowest BCUT2D eigenvalue weighted by atomic mass is 9.95. The van der Waals surface area contributed by atoms with Crippen LogP contribution < -0.4 is 5.73 Å². The van der Waals surface area contributed by atoms with Crippen LogP contribution in [0.2, 0.25) is 0 Å². The number of nitrogens with zero attached hydrogens (tertiary/aromatic N) is 1. The van der Waals surface area contributed by atoms with E-state index in [9.17, 15) is 9.18 Å². The maximum absolute atomic E-state index is 13.0. The van der Waals surface area contributed by atoms with E-state index in [2.05, 4.69) is 0 Å². The highest BCUT2D eigenvalue weighted by molar-refractivity contribution is 5.77. The van der Waals surface area contributed by atoms with Gasteiger partial charge in [0.05, 0.1) is 5.92 Å². The van der Waals surface area contributed by atoms with Crippen molar-refractivity contribution in [1.82, 2.24) is 4.90 Å². The van der Waals surface area contributed by atoms with Gasteiger partial charge in [-0.2, -0.15) is 0 Å². The van der Waals surface area contributed by atoms with E-state index in [4.69, 9.17) is 5.73 Å². The van der Waals surface area contributed by atoms with Crippen LogP contribution in [0.3, 0.4) is 0 Å². The molecule has 4 heteroatoms. The maximum atomic E-state index is 13.0. The summed E-state index contributed by atoms with van der Waals surface area (Å²) >= 11 is 0. The predicted octanol–water partition coefficient (Wildman–Crippen LogP) is -0.238. The molecule has 0 saturated carbocycles. The van der Waals surface area contributed by atoms with Crippen molar-refractivity contribution < 1.29 is 9.18 Å². The third-order valence-corrected chi connectivity index (χ3v) is 2.11. The Hall–Kier alpha value is -0.640. The molecule has 1 aliphatic heterocycles. The monoisotopic (exact) mass is 160 g/mol. The van der Waals surface area contributed by atoms with Crippen LogP contribution in [0.5, 0.6) is 0 Å². The molecule has 0 aromatic heterocycles. The Labute approximate surface area is 65.3 Å². The van der Waals surface area contributed by atoms with Gasteiger partial charge in [0.25, 0.3) is 0 Å². The van der Waals surface area contributed by atoms with Gasteiger partial charge in [-0.05, 0) is 20.0 Å². The average molecular weight is 160 g/mol. The van der Waals surface area contributed by atoms with Crippen molar-refractivity contribution in [2.75, 3.05) is 20.1 Å². The first-order valence-corrected chi connectivity index (χ1v) is 3.73. The van der Waals surface area contributed by atoms with Crippen molar-refractivity contribution in [3.05, 3.63) is 0 Å². The van der Waals surface area contributed by atoms with Crippen LogP contribution in [0.15, 0.2) is 0 Å². The Bertz CT molecular complexity index is 163. The standard InChI is InChI=1S/C7H13FN2O/c1-10-3-2-5(7(9)11)6(8)4-10/h5-6H,2-4H2,1H3,(H2,9,11). The van der Waals surface area contributed by atoms with Crippen molar-refractivity contribution >= 4 is 5.91 Å². The van der Waals surface area contributed by atoms with Crippen LogP contribution in [0, 0.1) is 5.92 Å². The van der Waals surface area contributed by atoms with E-state index in [0.717, 1.165) is 6.54 Å². The summed E-state index contributed by atoms with van der Waals surface area (Å²) in [5, 5.41) is 0. The summed E-state index contributed by atoms with van der Waals surface area (Å²) in [5.41, 5.74) is 5.01. The molecule has 64 valence electrons. The highest BCUT2D eigenvalue weighted by Gasteiger charge is 2.31. The second kappa shape index (κ2) is 3.17. The second-order valence-electron chi connectivity index (χ2n) is 3.08. The molecule has 2 N–H and O–H groups in total. The summed E-state index contributed by atoms with van der Waals surface area (Å²) in [5.74, 6) is -1.07. The molecule has 11 heavy (non-hydrogen) atoms. The van der Waals surface area contributed by atoms with Gasteiger partial charge in [0, 0.05) is 6.54 Å². The highest BCUT2D eigenvalue weighted by atomic mass is 19.1. The summed E-state index contributed by atoms with van der Waals surface area (Å²) in [6.07, 6.45) is -0.529. The van der Waals surface area contributed by atoms with Crippen molar-refractivity contribution in [3.8, 4) is 0 Å². The van der Waals surface area contributed by atoms with E-state index < -0.39 is 18.0 Å². The Morgan fingerprint density at radius 3 is 2.82 bits per heavy atom. The molecule has 1 amide bonds. The SMILES string of the molecule is CN1CCC(C(N)=O)C(F)C1. The summed E-state index contributed by atoms with van der Waals surface area (Å²) in [4.78, 5) is 12.5. The summed E-state index contributed by atoms with van der Waals surface area (Å²) < 4.78 is 13.0. The van der Waals surface area contributed by atoms with Gasteiger partial charge in [-0.25, -0.2) is 4.39 Å². The lowest BCUT2D eigenvalue weighted by Crippen LogP contribution is -2.44. The normalized spacial score (nSPS) is 33.6. The van der Waals surface area contributed by atoms with E-state index in [0.29, 0.717) is 13.0 Å².